The minimum absolute atomic E-state index is 0.0858. The standard InChI is InChI=1S/C27H31Cl2N5O/c28-23-12-22-25(13-24(23)29)32-17-33-27(22)31-15-26(35)34-11-10-18(16-34)14-30-21-8-6-20(7-9-21)19-4-2-1-3-5-19/h1-5,12-13,17-18,20-21,30H,6-11,14-16H2,(H,31,32,33)/t18-,20?,21?/m0/s1. The van der Waals surface area contributed by atoms with E-state index in [0.29, 0.717) is 39.3 Å². The molecule has 2 aromatic carbocycles. The normalized spacial score (nSPS) is 22.5. The molecule has 0 unspecified atom stereocenters. The Morgan fingerprint density at radius 1 is 1.00 bits per heavy atom. The number of aromatic nitrogens is 2. The first-order valence-electron chi connectivity index (χ1n) is 12.5. The van der Waals surface area contributed by atoms with E-state index in [1.165, 1.54) is 37.6 Å². The molecule has 5 rings (SSSR count). The van der Waals surface area contributed by atoms with Crippen LogP contribution >= 0.6 is 23.2 Å². The fourth-order valence-corrected chi connectivity index (χ4v) is 5.70. The summed E-state index contributed by atoms with van der Waals surface area (Å²) in [6.07, 6.45) is 7.45. The van der Waals surface area contributed by atoms with Gasteiger partial charge in [0.15, 0.2) is 0 Å². The maximum absolute atomic E-state index is 12.9. The van der Waals surface area contributed by atoms with Crippen molar-refractivity contribution >= 4 is 45.8 Å². The molecule has 1 aromatic heterocycles. The number of fused-ring (bicyclic) bond motifs is 1. The SMILES string of the molecule is O=C(CNc1ncnc2cc(Cl)c(Cl)cc12)N1CC[C@@H](CNC2CCC(c3ccccc3)CC2)C1. The number of carbonyl (C=O) groups is 1. The predicted octanol–water partition coefficient (Wildman–Crippen LogP) is 5.51. The second-order valence-electron chi connectivity index (χ2n) is 9.72. The lowest BCUT2D eigenvalue weighted by molar-refractivity contribution is -0.128. The molecule has 1 saturated heterocycles. The third-order valence-electron chi connectivity index (χ3n) is 7.42. The van der Waals surface area contributed by atoms with Gasteiger partial charge in [-0.3, -0.25) is 4.79 Å². The van der Waals surface area contributed by atoms with Crippen LogP contribution in [0.4, 0.5) is 5.82 Å². The van der Waals surface area contributed by atoms with Crippen LogP contribution in [-0.2, 0) is 4.79 Å². The van der Waals surface area contributed by atoms with Gasteiger partial charge >= 0.3 is 0 Å². The van der Waals surface area contributed by atoms with Crippen LogP contribution in [0.5, 0.6) is 0 Å². The third-order valence-corrected chi connectivity index (χ3v) is 8.14. The van der Waals surface area contributed by atoms with Crippen molar-refractivity contribution in [2.45, 2.75) is 44.1 Å². The molecule has 1 aliphatic carbocycles. The summed E-state index contributed by atoms with van der Waals surface area (Å²) in [5, 5.41) is 8.59. The Kier molecular flexibility index (Phi) is 7.71. The van der Waals surface area contributed by atoms with Crippen LogP contribution in [0.2, 0.25) is 10.0 Å². The van der Waals surface area contributed by atoms with Crippen LogP contribution in [0.1, 0.15) is 43.6 Å². The average Bonchev–Trinajstić information content (AvgIpc) is 3.37. The Hall–Kier alpha value is -2.41. The lowest BCUT2D eigenvalue weighted by Crippen LogP contribution is -2.38. The Morgan fingerprint density at radius 2 is 1.77 bits per heavy atom. The van der Waals surface area contributed by atoms with Gasteiger partial charge in [0.25, 0.3) is 0 Å². The average molecular weight is 512 g/mol. The number of rotatable bonds is 7. The molecule has 1 saturated carbocycles. The molecular weight excluding hydrogens is 481 g/mol. The first-order valence-corrected chi connectivity index (χ1v) is 13.2. The van der Waals surface area contributed by atoms with Crippen molar-refractivity contribution in [1.29, 1.82) is 0 Å². The molecule has 1 aliphatic heterocycles. The number of anilines is 1. The minimum Gasteiger partial charge on any atom is -0.360 e. The maximum atomic E-state index is 12.9. The molecule has 2 heterocycles. The number of nitrogens with zero attached hydrogens (tertiary/aromatic N) is 3. The van der Waals surface area contributed by atoms with Crippen LogP contribution in [0.3, 0.4) is 0 Å². The molecule has 1 atom stereocenters. The monoisotopic (exact) mass is 511 g/mol. The number of hydrogen-bond acceptors (Lipinski definition) is 5. The number of benzene rings is 2. The number of hydrogen-bond donors (Lipinski definition) is 2. The van der Waals surface area contributed by atoms with Gasteiger partial charge in [0.05, 0.1) is 22.1 Å². The highest BCUT2D eigenvalue weighted by atomic mass is 35.5. The molecule has 1 amide bonds. The third kappa shape index (κ3) is 5.88. The summed E-state index contributed by atoms with van der Waals surface area (Å²) in [6, 6.07) is 14.9. The van der Waals surface area contributed by atoms with Gasteiger partial charge in [-0.15, -0.1) is 0 Å². The van der Waals surface area contributed by atoms with Crippen molar-refractivity contribution in [1.82, 2.24) is 20.2 Å². The van der Waals surface area contributed by atoms with E-state index in [2.05, 4.69) is 50.9 Å². The van der Waals surface area contributed by atoms with Crippen molar-refractivity contribution in [3.63, 3.8) is 0 Å². The van der Waals surface area contributed by atoms with Crippen molar-refractivity contribution in [3.05, 3.63) is 64.4 Å². The number of likely N-dealkylation sites (tertiary alicyclic amines) is 1. The molecule has 2 N–H and O–H groups in total. The summed E-state index contributed by atoms with van der Waals surface area (Å²) in [5.74, 6) is 1.88. The molecule has 2 aliphatic rings. The fourth-order valence-electron chi connectivity index (χ4n) is 5.38. The highest BCUT2D eigenvalue weighted by Crippen LogP contribution is 2.33. The molecule has 8 heteroatoms. The number of amides is 1. The first-order chi connectivity index (χ1) is 17.1. The molecular formula is C27H31Cl2N5O. The number of carbonyl (C=O) groups excluding carboxylic acids is 1. The van der Waals surface area contributed by atoms with E-state index < -0.39 is 0 Å². The van der Waals surface area contributed by atoms with Crippen LogP contribution in [-0.4, -0.2) is 53.0 Å². The molecule has 3 aromatic rings. The zero-order valence-electron chi connectivity index (χ0n) is 19.7. The van der Waals surface area contributed by atoms with E-state index in [4.69, 9.17) is 23.2 Å². The van der Waals surface area contributed by atoms with Gasteiger partial charge in [0, 0.05) is 24.5 Å². The quantitative estimate of drug-likeness (QED) is 0.437. The summed E-state index contributed by atoms with van der Waals surface area (Å²) < 4.78 is 0. The molecule has 0 bridgehead atoms. The summed E-state index contributed by atoms with van der Waals surface area (Å²) in [5.41, 5.74) is 2.17. The van der Waals surface area contributed by atoms with E-state index in [0.717, 1.165) is 31.4 Å². The Bertz CT molecular complexity index is 1170. The van der Waals surface area contributed by atoms with Crippen molar-refractivity contribution in [3.8, 4) is 0 Å². The summed E-state index contributed by atoms with van der Waals surface area (Å²) in [6.45, 7) is 2.78. The fraction of sp³-hybridized carbons (Fsp3) is 0.444. The molecule has 2 fully saturated rings. The van der Waals surface area contributed by atoms with Gasteiger partial charge in [-0.1, -0.05) is 53.5 Å². The van der Waals surface area contributed by atoms with Crippen LogP contribution in [0.25, 0.3) is 10.9 Å². The van der Waals surface area contributed by atoms with Crippen LogP contribution < -0.4 is 10.6 Å². The van der Waals surface area contributed by atoms with Gasteiger partial charge in [-0.05, 0) is 68.2 Å². The van der Waals surface area contributed by atoms with E-state index in [1.54, 1.807) is 12.1 Å². The second-order valence-corrected chi connectivity index (χ2v) is 10.5. The Morgan fingerprint density at radius 3 is 2.57 bits per heavy atom. The van der Waals surface area contributed by atoms with E-state index in [-0.39, 0.29) is 12.5 Å². The van der Waals surface area contributed by atoms with E-state index in [9.17, 15) is 4.79 Å². The van der Waals surface area contributed by atoms with Gasteiger partial charge in [0.2, 0.25) is 5.91 Å². The Balaban J connectivity index is 1.06. The molecule has 0 spiro atoms. The highest BCUT2D eigenvalue weighted by Gasteiger charge is 2.28. The molecule has 0 radical (unpaired) electrons. The van der Waals surface area contributed by atoms with E-state index in [1.807, 2.05) is 4.90 Å². The van der Waals surface area contributed by atoms with Gasteiger partial charge < -0.3 is 15.5 Å². The van der Waals surface area contributed by atoms with Crippen molar-refractivity contribution in [2.24, 2.45) is 5.92 Å². The van der Waals surface area contributed by atoms with Crippen LogP contribution in [0.15, 0.2) is 48.8 Å². The second kappa shape index (κ2) is 11.1. The van der Waals surface area contributed by atoms with E-state index >= 15 is 0 Å². The van der Waals surface area contributed by atoms with Crippen molar-refractivity contribution < 1.29 is 4.79 Å². The summed E-state index contributed by atoms with van der Waals surface area (Å²) >= 11 is 12.3. The molecule has 35 heavy (non-hydrogen) atoms. The molecule has 184 valence electrons. The van der Waals surface area contributed by atoms with Gasteiger partial charge in [0.1, 0.15) is 12.1 Å². The zero-order chi connectivity index (χ0) is 24.2. The summed E-state index contributed by atoms with van der Waals surface area (Å²) in [4.78, 5) is 23.3. The predicted molar refractivity (Wildman–Crippen MR) is 142 cm³/mol. The lowest BCUT2D eigenvalue weighted by atomic mass is 9.81. The number of halogens is 2. The Labute approximate surface area is 216 Å². The van der Waals surface area contributed by atoms with Crippen LogP contribution in [0, 0.1) is 5.92 Å². The van der Waals surface area contributed by atoms with Crippen molar-refractivity contribution in [2.75, 3.05) is 31.5 Å². The number of nitrogens with one attached hydrogen (secondary N) is 2. The maximum Gasteiger partial charge on any atom is 0.241 e. The molecule has 6 nitrogen and oxygen atoms in total. The first kappa shape index (κ1) is 24.3. The topological polar surface area (TPSA) is 70.2 Å². The minimum atomic E-state index is 0.0858. The highest BCUT2D eigenvalue weighted by molar-refractivity contribution is 6.42. The van der Waals surface area contributed by atoms with Gasteiger partial charge in [-0.2, -0.15) is 0 Å². The van der Waals surface area contributed by atoms with Gasteiger partial charge in [-0.25, -0.2) is 9.97 Å². The zero-order valence-corrected chi connectivity index (χ0v) is 21.2. The summed E-state index contributed by atoms with van der Waals surface area (Å²) in [7, 11) is 0. The largest absolute Gasteiger partial charge is 0.360 e. The smallest absolute Gasteiger partial charge is 0.241 e. The lowest BCUT2D eigenvalue weighted by Gasteiger charge is -2.30.